The number of alkyl halides is 2. The van der Waals surface area contributed by atoms with Crippen LogP contribution >= 0.6 is 0 Å². The fourth-order valence-corrected chi connectivity index (χ4v) is 4.22. The number of hydrogen-bond acceptors (Lipinski definition) is 4. The molecule has 0 radical (unpaired) electrons. The number of ether oxygens (including phenoxy) is 1. The van der Waals surface area contributed by atoms with Gasteiger partial charge in [-0.3, -0.25) is 14.4 Å². The van der Waals surface area contributed by atoms with Crippen molar-refractivity contribution in [3.63, 3.8) is 0 Å². The van der Waals surface area contributed by atoms with Crippen LogP contribution in [0.1, 0.15) is 83.1 Å². The van der Waals surface area contributed by atoms with E-state index in [1.54, 1.807) is 0 Å². The molecule has 0 spiro atoms. The molecule has 0 saturated heterocycles. The molecule has 182 valence electrons. The van der Waals surface area contributed by atoms with Crippen molar-refractivity contribution in [3.05, 3.63) is 48.0 Å². The van der Waals surface area contributed by atoms with Crippen LogP contribution in [0, 0.1) is 11.8 Å². The molecule has 0 aromatic heterocycles. The van der Waals surface area contributed by atoms with Crippen molar-refractivity contribution in [1.29, 1.82) is 0 Å². The molecule has 0 amide bonds. The van der Waals surface area contributed by atoms with E-state index in [4.69, 9.17) is 4.74 Å². The topological polar surface area (TPSA) is 60.4 Å². The summed E-state index contributed by atoms with van der Waals surface area (Å²) < 4.78 is 33.1. The lowest BCUT2D eigenvalue weighted by Crippen LogP contribution is -2.29. The minimum atomic E-state index is -3.25. The molecule has 1 aliphatic rings. The maximum Gasteiger partial charge on any atom is 0.306 e. The van der Waals surface area contributed by atoms with Crippen molar-refractivity contribution in [2.45, 2.75) is 90.1 Å². The fraction of sp³-hybridized carbons (Fsp3) is 0.593. The summed E-state index contributed by atoms with van der Waals surface area (Å²) in [6.45, 7) is 2.09. The number of carbonyl (C=O) groups is 3. The van der Waals surface area contributed by atoms with Gasteiger partial charge in [0.1, 0.15) is 12.4 Å². The number of rotatable bonds is 15. The van der Waals surface area contributed by atoms with E-state index in [0.717, 1.165) is 5.56 Å². The highest BCUT2D eigenvalue weighted by Crippen LogP contribution is 2.36. The summed E-state index contributed by atoms with van der Waals surface area (Å²) in [5.74, 6) is -4.55. The lowest BCUT2D eigenvalue weighted by atomic mass is 9.87. The first-order valence-electron chi connectivity index (χ1n) is 12.1. The number of halogens is 2. The van der Waals surface area contributed by atoms with Crippen LogP contribution in [-0.4, -0.2) is 23.5 Å². The summed E-state index contributed by atoms with van der Waals surface area (Å²) in [6.07, 6.45) is 8.01. The van der Waals surface area contributed by atoms with Gasteiger partial charge in [-0.05, 0) is 50.0 Å². The summed E-state index contributed by atoms with van der Waals surface area (Å²) in [5, 5.41) is 0. The number of Topliss-reactive ketones (excluding diaryl/α,β-unsaturated/α-hetero) is 2. The number of allylic oxidation sites excluding steroid dienone is 2. The van der Waals surface area contributed by atoms with Gasteiger partial charge in [0, 0.05) is 31.6 Å². The third-order valence-electron chi connectivity index (χ3n) is 6.29. The van der Waals surface area contributed by atoms with Gasteiger partial charge < -0.3 is 4.74 Å². The minimum absolute atomic E-state index is 0.0129. The molecule has 4 nitrogen and oxygen atoms in total. The molecular formula is C27H36F2O4. The molecule has 0 aliphatic heterocycles. The van der Waals surface area contributed by atoms with Gasteiger partial charge in [-0.15, -0.1) is 0 Å². The first-order valence-corrected chi connectivity index (χ1v) is 12.1. The molecule has 2 atom stereocenters. The largest absolute Gasteiger partial charge is 0.461 e. The Labute approximate surface area is 195 Å². The fourth-order valence-electron chi connectivity index (χ4n) is 4.22. The Kier molecular flexibility index (Phi) is 11.4. The first-order chi connectivity index (χ1) is 15.8. The van der Waals surface area contributed by atoms with Gasteiger partial charge in [0.05, 0.1) is 0 Å². The summed E-state index contributed by atoms with van der Waals surface area (Å²) in [7, 11) is 0. The predicted octanol–water partition coefficient (Wildman–Crippen LogP) is 6.62. The van der Waals surface area contributed by atoms with E-state index in [2.05, 4.69) is 0 Å². The number of unbranched alkanes of at least 4 members (excludes halogenated alkanes) is 2. The Morgan fingerprint density at radius 2 is 1.88 bits per heavy atom. The second-order valence-electron chi connectivity index (χ2n) is 8.89. The molecule has 0 heterocycles. The average molecular weight is 463 g/mol. The van der Waals surface area contributed by atoms with E-state index in [1.807, 2.05) is 49.4 Å². The van der Waals surface area contributed by atoms with Gasteiger partial charge in [-0.2, -0.15) is 8.78 Å². The summed E-state index contributed by atoms with van der Waals surface area (Å²) >= 11 is 0. The Balaban J connectivity index is 1.66. The maximum atomic E-state index is 13.9. The number of esters is 1. The van der Waals surface area contributed by atoms with E-state index in [1.165, 1.54) is 0 Å². The molecule has 6 heteroatoms. The Hall–Kier alpha value is -2.37. The van der Waals surface area contributed by atoms with Gasteiger partial charge in [0.2, 0.25) is 5.78 Å². The summed E-state index contributed by atoms with van der Waals surface area (Å²) in [4.78, 5) is 36.0. The zero-order valence-corrected chi connectivity index (χ0v) is 19.6. The quantitative estimate of drug-likeness (QED) is 0.167. The van der Waals surface area contributed by atoms with Crippen molar-refractivity contribution in [3.8, 4) is 0 Å². The normalized spacial score (nSPS) is 18.7. The van der Waals surface area contributed by atoms with Crippen LogP contribution in [0.2, 0.25) is 0 Å². The molecule has 33 heavy (non-hydrogen) atoms. The van der Waals surface area contributed by atoms with Crippen LogP contribution < -0.4 is 0 Å². The third-order valence-corrected chi connectivity index (χ3v) is 6.29. The summed E-state index contributed by atoms with van der Waals surface area (Å²) in [5.41, 5.74) is 0.952. The number of hydrogen-bond donors (Lipinski definition) is 0. The molecule has 1 fully saturated rings. The maximum absolute atomic E-state index is 13.9. The smallest absolute Gasteiger partial charge is 0.306 e. The lowest BCUT2D eigenvalue weighted by molar-refractivity contribution is -0.145. The van der Waals surface area contributed by atoms with Crippen LogP contribution in [0.3, 0.4) is 0 Å². The molecule has 1 saturated carbocycles. The van der Waals surface area contributed by atoms with Crippen molar-refractivity contribution >= 4 is 17.5 Å². The van der Waals surface area contributed by atoms with Crippen LogP contribution in [0.5, 0.6) is 0 Å². The zero-order valence-electron chi connectivity index (χ0n) is 19.6. The van der Waals surface area contributed by atoms with Crippen molar-refractivity contribution in [2.24, 2.45) is 11.8 Å². The molecular weight excluding hydrogens is 426 g/mol. The molecule has 2 rings (SSSR count). The molecule has 0 bridgehead atoms. The summed E-state index contributed by atoms with van der Waals surface area (Å²) in [6, 6.07) is 9.51. The number of ketones is 2. The predicted molar refractivity (Wildman–Crippen MR) is 124 cm³/mol. The van der Waals surface area contributed by atoms with E-state index in [0.29, 0.717) is 57.8 Å². The van der Waals surface area contributed by atoms with Crippen LogP contribution in [0.4, 0.5) is 8.78 Å². The van der Waals surface area contributed by atoms with Gasteiger partial charge in [-0.1, -0.05) is 55.8 Å². The highest BCUT2D eigenvalue weighted by Gasteiger charge is 2.39. The molecule has 0 unspecified atom stereocenters. The Morgan fingerprint density at radius 3 is 2.61 bits per heavy atom. The van der Waals surface area contributed by atoms with Crippen LogP contribution in [0.15, 0.2) is 42.5 Å². The second kappa shape index (κ2) is 14.0. The highest BCUT2D eigenvalue weighted by molar-refractivity contribution is 5.86. The monoisotopic (exact) mass is 462 g/mol. The number of benzene rings is 1. The van der Waals surface area contributed by atoms with E-state index in [9.17, 15) is 23.2 Å². The SMILES string of the molecule is CCCCC(F)(F)C(=O)CC[C@H]1CCC(=O)[C@@H]1C/C=C\CCCC(=O)OCc1ccccc1. The standard InChI is InChI=1S/C27H36F2O4/c1-2-3-19-27(28,29)25(31)18-16-22-15-17-24(30)23(22)13-9-4-5-10-14-26(32)33-20-21-11-7-6-8-12-21/h4,6-9,11-12,22-23H,2-3,5,10,13-20H2,1H3/b9-4-/t22-,23-/m1/s1. The van der Waals surface area contributed by atoms with Gasteiger partial charge in [0.25, 0.3) is 0 Å². The second-order valence-corrected chi connectivity index (χ2v) is 8.89. The van der Waals surface area contributed by atoms with Crippen molar-refractivity contribution < 1.29 is 27.9 Å². The van der Waals surface area contributed by atoms with E-state index >= 15 is 0 Å². The first kappa shape index (κ1) is 26.9. The Morgan fingerprint density at radius 1 is 1.12 bits per heavy atom. The van der Waals surface area contributed by atoms with Crippen LogP contribution in [-0.2, 0) is 25.7 Å². The van der Waals surface area contributed by atoms with E-state index in [-0.39, 0.29) is 36.6 Å². The highest BCUT2D eigenvalue weighted by atomic mass is 19.3. The molecule has 1 aliphatic carbocycles. The average Bonchev–Trinajstić information content (AvgIpc) is 3.16. The van der Waals surface area contributed by atoms with Gasteiger partial charge in [-0.25, -0.2) is 0 Å². The third kappa shape index (κ3) is 9.56. The molecule has 0 N–H and O–H groups in total. The van der Waals surface area contributed by atoms with Crippen molar-refractivity contribution in [1.82, 2.24) is 0 Å². The van der Waals surface area contributed by atoms with E-state index < -0.39 is 18.1 Å². The molecule has 1 aromatic rings. The van der Waals surface area contributed by atoms with Crippen LogP contribution in [0.25, 0.3) is 0 Å². The zero-order chi connectivity index (χ0) is 24.1. The Bertz CT molecular complexity index is 789. The lowest BCUT2D eigenvalue weighted by Gasteiger charge is -2.19. The molecule has 1 aromatic carbocycles. The number of carbonyl (C=O) groups excluding carboxylic acids is 3. The van der Waals surface area contributed by atoms with Gasteiger partial charge >= 0.3 is 11.9 Å². The van der Waals surface area contributed by atoms with Crippen molar-refractivity contribution in [2.75, 3.05) is 0 Å². The minimum Gasteiger partial charge on any atom is -0.461 e. The van der Waals surface area contributed by atoms with Gasteiger partial charge in [0.15, 0.2) is 0 Å².